The first kappa shape index (κ1) is 10.9. The monoisotopic (exact) mass is 226 g/mol. The summed E-state index contributed by atoms with van der Waals surface area (Å²) >= 11 is 1.70. The fourth-order valence-electron chi connectivity index (χ4n) is 1.33. The summed E-state index contributed by atoms with van der Waals surface area (Å²) in [7, 11) is 0. The van der Waals surface area contributed by atoms with Gasteiger partial charge in [-0.25, -0.2) is 9.97 Å². The molecule has 1 aliphatic rings. The zero-order valence-corrected chi connectivity index (χ0v) is 9.28. The molecule has 0 unspecified atom stereocenters. The summed E-state index contributed by atoms with van der Waals surface area (Å²) in [5.41, 5.74) is 0. The predicted octanol–water partition coefficient (Wildman–Crippen LogP) is 1.72. The van der Waals surface area contributed by atoms with Crippen molar-refractivity contribution >= 4 is 11.8 Å². The number of nitrogens with zero attached hydrogens (tertiary/aromatic N) is 2. The lowest BCUT2D eigenvalue weighted by molar-refractivity contribution is -0.178. The van der Waals surface area contributed by atoms with Crippen LogP contribution in [0.4, 0.5) is 0 Å². The Morgan fingerprint density at radius 1 is 1.40 bits per heavy atom. The third-order valence-electron chi connectivity index (χ3n) is 2.05. The van der Waals surface area contributed by atoms with Gasteiger partial charge < -0.3 is 9.47 Å². The molecule has 0 aliphatic carbocycles. The minimum Gasteiger partial charge on any atom is -0.353 e. The maximum atomic E-state index is 5.45. The Hall–Kier alpha value is -0.650. The molecule has 0 spiro atoms. The van der Waals surface area contributed by atoms with Crippen LogP contribution >= 0.6 is 11.8 Å². The van der Waals surface area contributed by atoms with Gasteiger partial charge in [-0.15, -0.1) is 11.8 Å². The van der Waals surface area contributed by atoms with Gasteiger partial charge in [0.15, 0.2) is 6.29 Å². The second kappa shape index (κ2) is 6.05. The molecule has 0 aromatic carbocycles. The lowest BCUT2D eigenvalue weighted by atomic mass is 10.4. The Morgan fingerprint density at radius 2 is 2.27 bits per heavy atom. The van der Waals surface area contributed by atoms with E-state index in [-0.39, 0.29) is 6.29 Å². The van der Waals surface area contributed by atoms with Gasteiger partial charge >= 0.3 is 0 Å². The van der Waals surface area contributed by atoms with Gasteiger partial charge in [-0.2, -0.15) is 0 Å². The first-order valence-corrected chi connectivity index (χ1v) is 6.06. The van der Waals surface area contributed by atoms with Gasteiger partial charge in [0.2, 0.25) is 0 Å². The standard InChI is InChI=1S/C10H14N2O2S/c1-5-13-10(14-6-1)3-7-15-9-2-4-11-8-12-9/h2,4,8,10H,1,3,5-7H2. The second-order valence-electron chi connectivity index (χ2n) is 3.21. The van der Waals surface area contributed by atoms with Gasteiger partial charge in [-0.05, 0) is 12.5 Å². The molecule has 0 radical (unpaired) electrons. The van der Waals surface area contributed by atoms with Crippen LogP contribution in [0.2, 0.25) is 0 Å². The maximum absolute atomic E-state index is 5.45. The third-order valence-corrected chi connectivity index (χ3v) is 3.03. The SMILES string of the molecule is c1cc(SCCC2OCCCO2)ncn1. The van der Waals surface area contributed by atoms with Crippen LogP contribution in [0.15, 0.2) is 23.6 Å². The maximum Gasteiger partial charge on any atom is 0.158 e. The fraction of sp³-hybridized carbons (Fsp3) is 0.600. The van der Waals surface area contributed by atoms with Crippen LogP contribution in [0.3, 0.4) is 0 Å². The van der Waals surface area contributed by atoms with E-state index in [9.17, 15) is 0 Å². The summed E-state index contributed by atoms with van der Waals surface area (Å²) in [5, 5.41) is 1.00. The molecule has 2 heterocycles. The molecule has 0 saturated carbocycles. The molecule has 1 saturated heterocycles. The molecule has 1 aromatic rings. The Labute approximate surface area is 93.4 Å². The predicted molar refractivity (Wildman–Crippen MR) is 57.7 cm³/mol. The van der Waals surface area contributed by atoms with Crippen molar-refractivity contribution in [1.29, 1.82) is 0 Å². The van der Waals surface area contributed by atoms with E-state index in [1.165, 1.54) is 0 Å². The second-order valence-corrected chi connectivity index (χ2v) is 4.32. The molecular formula is C10H14N2O2S. The first-order chi connectivity index (χ1) is 7.45. The average molecular weight is 226 g/mol. The van der Waals surface area contributed by atoms with Gasteiger partial charge in [0.25, 0.3) is 0 Å². The summed E-state index contributed by atoms with van der Waals surface area (Å²) in [4.78, 5) is 8.00. The van der Waals surface area contributed by atoms with Gasteiger partial charge in [0.05, 0.1) is 18.2 Å². The summed E-state index contributed by atoms with van der Waals surface area (Å²) in [5.74, 6) is 0.960. The fourth-order valence-corrected chi connectivity index (χ4v) is 2.13. The van der Waals surface area contributed by atoms with Crippen LogP contribution < -0.4 is 0 Å². The number of hydrogen-bond acceptors (Lipinski definition) is 5. The highest BCUT2D eigenvalue weighted by molar-refractivity contribution is 7.99. The molecule has 0 amide bonds. The highest BCUT2D eigenvalue weighted by Crippen LogP contribution is 2.17. The largest absolute Gasteiger partial charge is 0.353 e. The van der Waals surface area contributed by atoms with Crippen molar-refractivity contribution in [2.24, 2.45) is 0 Å². The van der Waals surface area contributed by atoms with Crippen molar-refractivity contribution in [2.75, 3.05) is 19.0 Å². The number of rotatable bonds is 4. The number of hydrogen-bond donors (Lipinski definition) is 0. The van der Waals surface area contributed by atoms with Gasteiger partial charge in [-0.3, -0.25) is 0 Å². The number of thioether (sulfide) groups is 1. The normalized spacial score (nSPS) is 17.9. The lowest BCUT2D eigenvalue weighted by Crippen LogP contribution is -2.25. The van der Waals surface area contributed by atoms with E-state index in [2.05, 4.69) is 9.97 Å². The van der Waals surface area contributed by atoms with Crippen molar-refractivity contribution in [3.05, 3.63) is 18.6 Å². The first-order valence-electron chi connectivity index (χ1n) is 5.07. The Morgan fingerprint density at radius 3 is 3.00 bits per heavy atom. The van der Waals surface area contributed by atoms with Crippen LogP contribution in [0, 0.1) is 0 Å². The Balaban J connectivity index is 1.66. The molecule has 2 rings (SSSR count). The van der Waals surface area contributed by atoms with Gasteiger partial charge in [0.1, 0.15) is 6.33 Å². The zero-order valence-electron chi connectivity index (χ0n) is 8.46. The zero-order chi connectivity index (χ0) is 10.3. The molecular weight excluding hydrogens is 212 g/mol. The summed E-state index contributed by atoms with van der Waals surface area (Å²) in [6, 6.07) is 1.91. The van der Waals surface area contributed by atoms with Crippen molar-refractivity contribution in [1.82, 2.24) is 9.97 Å². The van der Waals surface area contributed by atoms with E-state index in [1.54, 1.807) is 24.3 Å². The minimum atomic E-state index is -0.0203. The third kappa shape index (κ3) is 3.77. The van der Waals surface area contributed by atoms with Crippen molar-refractivity contribution in [3.63, 3.8) is 0 Å². The molecule has 1 aliphatic heterocycles. The lowest BCUT2D eigenvalue weighted by Gasteiger charge is -2.22. The molecule has 0 N–H and O–H groups in total. The summed E-state index contributed by atoms with van der Waals surface area (Å²) in [6.45, 7) is 1.64. The van der Waals surface area contributed by atoms with Gasteiger partial charge in [0, 0.05) is 18.4 Å². The minimum absolute atomic E-state index is 0.0203. The van der Waals surface area contributed by atoms with Crippen LogP contribution in [0.25, 0.3) is 0 Å². The molecule has 4 nitrogen and oxygen atoms in total. The number of aromatic nitrogens is 2. The highest BCUT2D eigenvalue weighted by Gasteiger charge is 2.13. The van der Waals surface area contributed by atoms with E-state index in [0.29, 0.717) is 0 Å². The Kier molecular flexibility index (Phi) is 4.38. The van der Waals surface area contributed by atoms with Gasteiger partial charge in [-0.1, -0.05) is 0 Å². The molecule has 1 fully saturated rings. The van der Waals surface area contributed by atoms with E-state index in [1.807, 2.05) is 6.07 Å². The van der Waals surface area contributed by atoms with Crippen molar-refractivity contribution < 1.29 is 9.47 Å². The molecule has 5 heteroatoms. The van der Waals surface area contributed by atoms with E-state index in [0.717, 1.165) is 36.8 Å². The smallest absolute Gasteiger partial charge is 0.158 e. The molecule has 15 heavy (non-hydrogen) atoms. The highest BCUT2D eigenvalue weighted by atomic mass is 32.2. The number of ether oxygens (including phenoxy) is 2. The van der Waals surface area contributed by atoms with Crippen LogP contribution in [0.5, 0.6) is 0 Å². The van der Waals surface area contributed by atoms with Crippen molar-refractivity contribution in [3.8, 4) is 0 Å². The van der Waals surface area contributed by atoms with Crippen LogP contribution in [-0.2, 0) is 9.47 Å². The average Bonchev–Trinajstić information content (AvgIpc) is 2.32. The molecule has 0 atom stereocenters. The van der Waals surface area contributed by atoms with E-state index in [4.69, 9.17) is 9.47 Å². The van der Waals surface area contributed by atoms with E-state index >= 15 is 0 Å². The van der Waals surface area contributed by atoms with E-state index < -0.39 is 0 Å². The van der Waals surface area contributed by atoms with Crippen LogP contribution in [-0.4, -0.2) is 35.2 Å². The topological polar surface area (TPSA) is 44.2 Å². The summed E-state index contributed by atoms with van der Waals surface area (Å²) in [6.07, 6.45) is 5.22. The molecule has 1 aromatic heterocycles. The van der Waals surface area contributed by atoms with Crippen LogP contribution in [0.1, 0.15) is 12.8 Å². The Bertz CT molecular complexity index is 278. The molecule has 82 valence electrons. The van der Waals surface area contributed by atoms with Crippen molar-refractivity contribution in [2.45, 2.75) is 24.2 Å². The summed E-state index contributed by atoms with van der Waals surface area (Å²) < 4.78 is 10.9. The molecule has 0 bridgehead atoms. The quantitative estimate of drug-likeness (QED) is 0.578.